The van der Waals surface area contributed by atoms with Gasteiger partial charge in [-0.05, 0) is 30.2 Å². The molecular weight excluding hydrogens is 354 g/mol. The molecule has 1 aromatic carbocycles. The lowest BCUT2D eigenvalue weighted by atomic mass is 9.73. The predicted octanol–water partition coefficient (Wildman–Crippen LogP) is 2.24. The number of para-hydroxylation sites is 1. The van der Waals surface area contributed by atoms with E-state index in [0.717, 1.165) is 16.8 Å². The average molecular weight is 375 g/mol. The second kappa shape index (κ2) is 5.82. The largest absolute Gasteiger partial charge is 0.347 e. The van der Waals surface area contributed by atoms with Crippen LogP contribution in [0, 0.1) is 0 Å². The van der Waals surface area contributed by atoms with Crippen LogP contribution in [0.1, 0.15) is 34.1 Å². The minimum absolute atomic E-state index is 0.0512. The molecule has 142 valence electrons. The summed E-state index contributed by atoms with van der Waals surface area (Å²) in [7, 11) is 3.70. The Morgan fingerprint density at radius 2 is 2.04 bits per heavy atom. The molecule has 5 rings (SSSR count). The quantitative estimate of drug-likeness (QED) is 0.747. The molecular formula is C21H21N5O2. The van der Waals surface area contributed by atoms with Gasteiger partial charge in [-0.1, -0.05) is 18.2 Å². The van der Waals surface area contributed by atoms with E-state index in [1.807, 2.05) is 72.4 Å². The first-order valence-electron chi connectivity index (χ1n) is 9.34. The van der Waals surface area contributed by atoms with Crippen LogP contribution < -0.4 is 5.32 Å². The van der Waals surface area contributed by atoms with Crippen LogP contribution in [0.25, 0.3) is 0 Å². The first-order valence-corrected chi connectivity index (χ1v) is 9.34. The molecule has 0 radical (unpaired) electrons. The topological polar surface area (TPSA) is 72.2 Å². The van der Waals surface area contributed by atoms with E-state index in [0.29, 0.717) is 18.7 Å². The first kappa shape index (κ1) is 16.8. The van der Waals surface area contributed by atoms with Gasteiger partial charge in [-0.15, -0.1) is 0 Å². The van der Waals surface area contributed by atoms with Crippen molar-refractivity contribution in [2.75, 3.05) is 11.9 Å². The number of carbonyl (C=O) groups excluding carboxylic acids is 2. The fourth-order valence-corrected chi connectivity index (χ4v) is 4.78. The Morgan fingerprint density at radius 1 is 1.21 bits per heavy atom. The molecule has 2 aromatic heterocycles. The van der Waals surface area contributed by atoms with Crippen LogP contribution >= 0.6 is 0 Å². The van der Waals surface area contributed by atoms with Gasteiger partial charge in [-0.25, -0.2) is 0 Å². The maximum atomic E-state index is 13.4. The number of aryl methyl sites for hydroxylation is 2. The Bertz CT molecular complexity index is 1100. The van der Waals surface area contributed by atoms with Crippen molar-refractivity contribution in [2.24, 2.45) is 14.1 Å². The van der Waals surface area contributed by atoms with E-state index in [9.17, 15) is 9.59 Å². The highest BCUT2D eigenvalue weighted by molar-refractivity contribution is 6.08. The molecule has 4 heterocycles. The van der Waals surface area contributed by atoms with Gasteiger partial charge in [0.05, 0.1) is 12.2 Å². The summed E-state index contributed by atoms with van der Waals surface area (Å²) < 4.78 is 3.53. The summed E-state index contributed by atoms with van der Waals surface area (Å²) >= 11 is 0. The number of hydrogen-bond donors (Lipinski definition) is 1. The molecule has 1 spiro atoms. The van der Waals surface area contributed by atoms with Crippen molar-refractivity contribution < 1.29 is 9.59 Å². The van der Waals surface area contributed by atoms with E-state index in [2.05, 4.69) is 10.4 Å². The van der Waals surface area contributed by atoms with Gasteiger partial charge in [0.25, 0.3) is 5.91 Å². The highest BCUT2D eigenvalue weighted by atomic mass is 16.2. The molecule has 0 bridgehead atoms. The summed E-state index contributed by atoms with van der Waals surface area (Å²) in [5.41, 5.74) is 2.46. The number of rotatable bonds is 2. The van der Waals surface area contributed by atoms with E-state index in [-0.39, 0.29) is 11.8 Å². The Balaban J connectivity index is 1.68. The van der Waals surface area contributed by atoms with Gasteiger partial charge in [0, 0.05) is 44.3 Å². The Kier molecular flexibility index (Phi) is 3.49. The number of nitrogens with one attached hydrogen (secondary N) is 1. The van der Waals surface area contributed by atoms with Gasteiger partial charge in [0.1, 0.15) is 11.1 Å². The molecule has 1 N–H and O–H groups in total. The monoisotopic (exact) mass is 375 g/mol. The van der Waals surface area contributed by atoms with Gasteiger partial charge >= 0.3 is 0 Å². The maximum Gasteiger partial charge on any atom is 0.271 e. The zero-order chi connectivity index (χ0) is 19.5. The third-order valence-corrected chi connectivity index (χ3v) is 6.05. The van der Waals surface area contributed by atoms with Crippen LogP contribution in [0.5, 0.6) is 0 Å². The lowest BCUT2D eigenvalue weighted by Crippen LogP contribution is -2.42. The van der Waals surface area contributed by atoms with E-state index < -0.39 is 11.5 Å². The van der Waals surface area contributed by atoms with Gasteiger partial charge in [-0.2, -0.15) is 5.10 Å². The SMILES string of the molecule is Cn1cc([C@@H]2N(C(=O)c3cccn3C)CC[C@]23C(=O)Nc2ccccc23)cn1. The van der Waals surface area contributed by atoms with E-state index in [1.54, 1.807) is 10.9 Å². The van der Waals surface area contributed by atoms with Crippen LogP contribution in [0.3, 0.4) is 0 Å². The number of aromatic nitrogens is 3. The standard InChI is InChI=1S/C21H21N5O2/c1-24-10-5-8-17(24)19(27)26-11-9-21(18(26)14-12-22-25(2)13-14)15-6-3-4-7-16(15)23-20(21)28/h3-8,10,12-13,18H,9,11H2,1-2H3,(H,23,28)/t18-,21+/m0/s1. The fourth-order valence-electron chi connectivity index (χ4n) is 4.78. The number of hydrogen-bond acceptors (Lipinski definition) is 3. The normalized spacial score (nSPS) is 23.3. The number of amides is 2. The molecule has 0 unspecified atom stereocenters. The van der Waals surface area contributed by atoms with Crippen molar-refractivity contribution in [3.8, 4) is 0 Å². The van der Waals surface area contributed by atoms with Crippen LogP contribution in [0.15, 0.2) is 55.0 Å². The molecule has 28 heavy (non-hydrogen) atoms. The summed E-state index contributed by atoms with van der Waals surface area (Å²) in [6.07, 6.45) is 6.09. The summed E-state index contributed by atoms with van der Waals surface area (Å²) in [6.45, 7) is 0.505. The van der Waals surface area contributed by atoms with Crippen molar-refractivity contribution >= 4 is 17.5 Å². The van der Waals surface area contributed by atoms with E-state index >= 15 is 0 Å². The first-order chi connectivity index (χ1) is 13.5. The third kappa shape index (κ3) is 2.13. The Labute approximate surface area is 162 Å². The van der Waals surface area contributed by atoms with Crippen LogP contribution in [0.4, 0.5) is 5.69 Å². The lowest BCUT2D eigenvalue weighted by Gasteiger charge is -2.33. The number of benzene rings is 1. The summed E-state index contributed by atoms with van der Waals surface area (Å²) in [5, 5.41) is 7.35. The highest BCUT2D eigenvalue weighted by Gasteiger charge is 2.59. The van der Waals surface area contributed by atoms with E-state index in [4.69, 9.17) is 0 Å². The summed E-state index contributed by atoms with van der Waals surface area (Å²) in [6, 6.07) is 11.0. The fraction of sp³-hybridized carbons (Fsp3) is 0.286. The maximum absolute atomic E-state index is 13.4. The number of carbonyl (C=O) groups is 2. The van der Waals surface area contributed by atoms with Crippen molar-refractivity contribution in [1.29, 1.82) is 0 Å². The van der Waals surface area contributed by atoms with Crippen LogP contribution in [-0.4, -0.2) is 37.6 Å². The number of fused-ring (bicyclic) bond motifs is 2. The average Bonchev–Trinajstić information content (AvgIpc) is 3.43. The molecule has 7 nitrogen and oxygen atoms in total. The molecule has 1 saturated heterocycles. The summed E-state index contributed by atoms with van der Waals surface area (Å²) in [4.78, 5) is 28.5. The lowest BCUT2D eigenvalue weighted by molar-refractivity contribution is -0.121. The van der Waals surface area contributed by atoms with Crippen molar-refractivity contribution in [3.63, 3.8) is 0 Å². The minimum atomic E-state index is -0.805. The van der Waals surface area contributed by atoms with Crippen molar-refractivity contribution in [1.82, 2.24) is 19.2 Å². The van der Waals surface area contributed by atoms with Crippen molar-refractivity contribution in [2.45, 2.75) is 17.9 Å². The Morgan fingerprint density at radius 3 is 2.75 bits per heavy atom. The van der Waals surface area contributed by atoms with Gasteiger partial charge in [0.2, 0.25) is 5.91 Å². The second-order valence-electron chi connectivity index (χ2n) is 7.57. The van der Waals surface area contributed by atoms with Crippen LogP contribution in [0.2, 0.25) is 0 Å². The number of nitrogens with zero attached hydrogens (tertiary/aromatic N) is 4. The van der Waals surface area contributed by atoms with Gasteiger partial charge < -0.3 is 14.8 Å². The number of anilines is 1. The summed E-state index contributed by atoms with van der Waals surface area (Å²) in [5.74, 6) is -0.125. The van der Waals surface area contributed by atoms with Gasteiger partial charge in [0.15, 0.2) is 0 Å². The predicted molar refractivity (Wildman–Crippen MR) is 104 cm³/mol. The van der Waals surface area contributed by atoms with Crippen molar-refractivity contribution in [3.05, 3.63) is 71.8 Å². The highest BCUT2D eigenvalue weighted by Crippen LogP contribution is 2.54. The zero-order valence-corrected chi connectivity index (χ0v) is 15.8. The molecule has 2 aliphatic heterocycles. The minimum Gasteiger partial charge on any atom is -0.347 e. The second-order valence-corrected chi connectivity index (χ2v) is 7.57. The molecule has 2 atom stereocenters. The third-order valence-electron chi connectivity index (χ3n) is 6.05. The van der Waals surface area contributed by atoms with Gasteiger partial charge in [-0.3, -0.25) is 14.3 Å². The Hall–Kier alpha value is -3.35. The molecule has 2 aliphatic rings. The molecule has 0 aliphatic carbocycles. The molecule has 7 heteroatoms. The number of likely N-dealkylation sites (tertiary alicyclic amines) is 1. The van der Waals surface area contributed by atoms with Crippen LogP contribution in [-0.2, 0) is 24.3 Å². The molecule has 3 aromatic rings. The molecule has 2 amide bonds. The molecule has 1 fully saturated rings. The smallest absolute Gasteiger partial charge is 0.271 e. The molecule has 0 saturated carbocycles. The zero-order valence-electron chi connectivity index (χ0n) is 15.8. The van der Waals surface area contributed by atoms with E-state index in [1.165, 1.54) is 0 Å².